The number of rotatable bonds is 5. The fourth-order valence-electron chi connectivity index (χ4n) is 2.91. The van der Waals surface area contributed by atoms with Crippen LogP contribution in [0.25, 0.3) is 11.5 Å². The van der Waals surface area contributed by atoms with E-state index in [-0.39, 0.29) is 11.7 Å². The summed E-state index contributed by atoms with van der Waals surface area (Å²) in [6, 6.07) is 11.3. The first-order valence-electron chi connectivity index (χ1n) is 8.76. The number of nitrogens with one attached hydrogen (secondary N) is 1. The lowest BCUT2D eigenvalue weighted by Gasteiger charge is -2.09. The molecule has 0 radical (unpaired) electrons. The van der Waals surface area contributed by atoms with E-state index in [4.69, 9.17) is 0 Å². The van der Waals surface area contributed by atoms with E-state index in [2.05, 4.69) is 20.5 Å². The Morgan fingerprint density at radius 2 is 1.93 bits per heavy atom. The van der Waals surface area contributed by atoms with Crippen molar-refractivity contribution in [3.8, 4) is 11.5 Å². The van der Waals surface area contributed by atoms with Crippen molar-refractivity contribution in [2.75, 3.05) is 5.32 Å². The first kappa shape index (κ1) is 17.6. The third-order valence-corrected chi connectivity index (χ3v) is 4.26. The molecule has 4 aromatic rings. The third kappa shape index (κ3) is 3.39. The summed E-state index contributed by atoms with van der Waals surface area (Å²) in [7, 11) is 0. The van der Waals surface area contributed by atoms with E-state index in [1.165, 1.54) is 18.3 Å². The first-order chi connectivity index (χ1) is 13.7. The summed E-state index contributed by atoms with van der Waals surface area (Å²) >= 11 is 0. The van der Waals surface area contributed by atoms with Gasteiger partial charge in [-0.3, -0.25) is 4.79 Å². The molecule has 0 aliphatic carbocycles. The molecule has 1 N–H and O–H groups in total. The number of carbonyl (C=O) groups is 1. The minimum atomic E-state index is -0.321. The van der Waals surface area contributed by atoms with Gasteiger partial charge in [-0.15, -0.1) is 0 Å². The van der Waals surface area contributed by atoms with Crippen LogP contribution in [0.1, 0.15) is 23.0 Å². The van der Waals surface area contributed by atoms with Crippen molar-refractivity contribution in [1.82, 2.24) is 24.5 Å². The number of hydrogen-bond acceptors (Lipinski definition) is 4. The maximum atomic E-state index is 13.2. The van der Waals surface area contributed by atoms with Crippen LogP contribution in [0.15, 0.2) is 67.3 Å². The minimum absolute atomic E-state index is 0.279. The monoisotopic (exact) mass is 376 g/mol. The van der Waals surface area contributed by atoms with Crippen LogP contribution in [0.4, 0.5) is 10.1 Å². The largest absolute Gasteiger partial charge is 0.320 e. The Kier molecular flexibility index (Phi) is 4.67. The minimum Gasteiger partial charge on any atom is -0.320 e. The van der Waals surface area contributed by atoms with Gasteiger partial charge in [0, 0.05) is 12.4 Å². The Balaban J connectivity index is 1.56. The van der Waals surface area contributed by atoms with Crippen LogP contribution in [-0.2, 0) is 6.42 Å². The lowest BCUT2D eigenvalue weighted by Crippen LogP contribution is -2.14. The maximum Gasteiger partial charge on any atom is 0.259 e. The molecule has 4 rings (SSSR count). The summed E-state index contributed by atoms with van der Waals surface area (Å²) in [4.78, 5) is 17.0. The van der Waals surface area contributed by atoms with Crippen LogP contribution < -0.4 is 5.32 Å². The first-order valence-corrected chi connectivity index (χ1v) is 8.76. The van der Waals surface area contributed by atoms with Gasteiger partial charge < -0.3 is 5.32 Å². The van der Waals surface area contributed by atoms with Crippen molar-refractivity contribution in [2.24, 2.45) is 0 Å². The van der Waals surface area contributed by atoms with E-state index in [1.54, 1.807) is 52.2 Å². The molecule has 0 unspecified atom stereocenters. The maximum absolute atomic E-state index is 13.2. The number of anilines is 1. The highest BCUT2D eigenvalue weighted by Crippen LogP contribution is 2.18. The molecule has 0 aliphatic heterocycles. The van der Waals surface area contributed by atoms with Crippen molar-refractivity contribution in [2.45, 2.75) is 13.3 Å². The smallest absolute Gasteiger partial charge is 0.259 e. The fraction of sp³-hybridized carbons (Fsp3) is 0.100. The molecule has 1 amide bonds. The summed E-state index contributed by atoms with van der Waals surface area (Å²) in [5.74, 6) is 0.0539. The van der Waals surface area contributed by atoms with E-state index >= 15 is 0 Å². The van der Waals surface area contributed by atoms with E-state index in [0.717, 1.165) is 5.69 Å². The molecule has 0 spiro atoms. The van der Waals surface area contributed by atoms with Crippen LogP contribution in [0, 0.1) is 5.82 Å². The lowest BCUT2D eigenvalue weighted by atomic mass is 10.2. The number of nitrogens with zero attached hydrogens (tertiary/aromatic N) is 5. The van der Waals surface area contributed by atoms with Crippen molar-refractivity contribution in [3.63, 3.8) is 0 Å². The number of hydrogen-bond donors (Lipinski definition) is 1. The molecule has 0 saturated heterocycles. The molecule has 28 heavy (non-hydrogen) atoms. The fourth-order valence-corrected chi connectivity index (χ4v) is 2.91. The average molecular weight is 376 g/mol. The molecule has 0 aliphatic rings. The van der Waals surface area contributed by atoms with Crippen molar-refractivity contribution >= 4 is 11.6 Å². The van der Waals surface area contributed by atoms with Gasteiger partial charge in [-0.2, -0.15) is 10.2 Å². The Hall–Kier alpha value is -3.81. The second-order valence-corrected chi connectivity index (χ2v) is 6.06. The molecular formula is C20H17FN6O. The zero-order valence-corrected chi connectivity index (χ0v) is 15.1. The van der Waals surface area contributed by atoms with Crippen LogP contribution >= 0.6 is 0 Å². The molecule has 140 valence electrons. The summed E-state index contributed by atoms with van der Waals surface area (Å²) in [5, 5.41) is 11.3. The van der Waals surface area contributed by atoms with Crippen LogP contribution in [0.2, 0.25) is 0 Å². The van der Waals surface area contributed by atoms with E-state index < -0.39 is 0 Å². The molecule has 0 atom stereocenters. The Labute approximate surface area is 160 Å². The zero-order chi connectivity index (χ0) is 19.5. The van der Waals surface area contributed by atoms with E-state index in [1.807, 2.05) is 13.0 Å². The van der Waals surface area contributed by atoms with Crippen molar-refractivity contribution in [1.29, 1.82) is 0 Å². The molecule has 3 heterocycles. The van der Waals surface area contributed by atoms with Crippen molar-refractivity contribution in [3.05, 3.63) is 84.3 Å². The molecule has 0 fully saturated rings. The number of aromatic nitrogens is 5. The predicted octanol–water partition coefficient (Wildman–Crippen LogP) is 3.41. The number of carbonyl (C=O) groups excluding carboxylic acids is 1. The number of amides is 1. The predicted molar refractivity (Wildman–Crippen MR) is 102 cm³/mol. The highest BCUT2D eigenvalue weighted by molar-refractivity contribution is 6.05. The highest BCUT2D eigenvalue weighted by Gasteiger charge is 2.17. The zero-order valence-electron chi connectivity index (χ0n) is 15.1. The Morgan fingerprint density at radius 3 is 2.57 bits per heavy atom. The topological polar surface area (TPSA) is 77.6 Å². The van der Waals surface area contributed by atoms with Crippen LogP contribution in [0.5, 0.6) is 0 Å². The van der Waals surface area contributed by atoms with Gasteiger partial charge in [0.2, 0.25) is 0 Å². The highest BCUT2D eigenvalue weighted by atomic mass is 19.1. The Morgan fingerprint density at radius 1 is 1.11 bits per heavy atom. The van der Waals surface area contributed by atoms with Gasteiger partial charge in [0.05, 0.1) is 35.0 Å². The van der Waals surface area contributed by atoms with Gasteiger partial charge in [0.1, 0.15) is 5.82 Å². The molecule has 3 aromatic heterocycles. The lowest BCUT2D eigenvalue weighted by molar-refractivity contribution is 0.102. The molecule has 0 saturated carbocycles. The number of halogens is 1. The summed E-state index contributed by atoms with van der Waals surface area (Å²) in [6.45, 7) is 1.94. The molecule has 0 bridgehead atoms. The van der Waals surface area contributed by atoms with Crippen LogP contribution in [0.3, 0.4) is 0 Å². The average Bonchev–Trinajstić information content (AvgIpc) is 3.39. The van der Waals surface area contributed by atoms with Crippen molar-refractivity contribution < 1.29 is 9.18 Å². The second kappa shape index (κ2) is 7.43. The molecule has 7 nitrogen and oxygen atoms in total. The van der Waals surface area contributed by atoms with Gasteiger partial charge in [0.25, 0.3) is 5.91 Å². The molecule has 8 heteroatoms. The second-order valence-electron chi connectivity index (χ2n) is 6.06. The normalized spacial score (nSPS) is 10.8. The summed E-state index contributed by atoms with van der Waals surface area (Å²) in [6.07, 6.45) is 7.14. The molecular weight excluding hydrogens is 359 g/mol. The SMILES string of the molecule is CCc1c(C(=O)Nc2ccc(-n3cccn3)nc2)cnn1-c1ccc(F)cc1. The van der Waals surface area contributed by atoms with Gasteiger partial charge in [-0.1, -0.05) is 6.92 Å². The van der Waals surface area contributed by atoms with Gasteiger partial charge >= 0.3 is 0 Å². The summed E-state index contributed by atoms with van der Waals surface area (Å²) < 4.78 is 16.5. The van der Waals surface area contributed by atoms with E-state index in [0.29, 0.717) is 29.2 Å². The van der Waals surface area contributed by atoms with Gasteiger partial charge in [0.15, 0.2) is 5.82 Å². The number of benzene rings is 1. The van der Waals surface area contributed by atoms with Gasteiger partial charge in [-0.25, -0.2) is 18.7 Å². The van der Waals surface area contributed by atoms with Crippen LogP contribution in [-0.4, -0.2) is 30.5 Å². The van der Waals surface area contributed by atoms with Gasteiger partial charge in [-0.05, 0) is 48.9 Å². The number of pyridine rings is 1. The third-order valence-electron chi connectivity index (χ3n) is 4.26. The molecule has 1 aromatic carbocycles. The Bertz CT molecular complexity index is 1080. The quantitative estimate of drug-likeness (QED) is 0.579. The van der Waals surface area contributed by atoms with E-state index in [9.17, 15) is 9.18 Å². The summed E-state index contributed by atoms with van der Waals surface area (Å²) in [5.41, 5.74) is 2.47. The standard InChI is InChI=1S/C20H17FN6O/c1-2-18-17(13-24-27(18)16-7-4-14(21)5-8-16)20(28)25-15-6-9-19(22-12-15)26-11-3-10-23-26/h3-13H,2H2,1H3,(H,25,28).